The van der Waals surface area contributed by atoms with Gasteiger partial charge >= 0.3 is 0 Å². The molecule has 0 bridgehead atoms. The molecule has 0 spiro atoms. The number of anilines is 2. The van der Waals surface area contributed by atoms with Crippen molar-refractivity contribution in [3.63, 3.8) is 0 Å². The molecule has 1 saturated heterocycles. The standard InChI is InChI=1S/C27H26N8O3/c1-18(15-35-17-29-16-32-35)38-24-10-19(4-5-21(24)12-28)22-13-30-27(31-14-22)33-23-7-6-20(11-25(23)37-2)26(36)34-8-3-9-34/h4-7,10-11,13-14,16-18H,3,8-9,15H2,1-2H3,(H,30,31,33)/t18-/m0/s1. The van der Waals surface area contributed by atoms with Crippen molar-refractivity contribution in [1.29, 1.82) is 5.26 Å². The molecule has 0 unspecified atom stereocenters. The lowest BCUT2D eigenvalue weighted by atomic mass is 10.1. The van der Waals surface area contributed by atoms with Crippen LogP contribution in [0.2, 0.25) is 0 Å². The van der Waals surface area contributed by atoms with E-state index in [1.807, 2.05) is 13.0 Å². The monoisotopic (exact) mass is 510 g/mol. The zero-order valence-electron chi connectivity index (χ0n) is 21.0. The van der Waals surface area contributed by atoms with Crippen molar-refractivity contribution in [2.24, 2.45) is 0 Å². The van der Waals surface area contributed by atoms with Crippen LogP contribution in [-0.4, -0.2) is 61.8 Å². The van der Waals surface area contributed by atoms with Crippen LogP contribution in [0.5, 0.6) is 11.5 Å². The molecule has 2 aromatic carbocycles. The third-order valence-electron chi connectivity index (χ3n) is 6.16. The Morgan fingerprint density at radius 2 is 1.95 bits per heavy atom. The van der Waals surface area contributed by atoms with Crippen LogP contribution in [0.25, 0.3) is 11.1 Å². The van der Waals surface area contributed by atoms with Gasteiger partial charge in [-0.1, -0.05) is 6.07 Å². The molecule has 1 amide bonds. The van der Waals surface area contributed by atoms with E-state index in [0.29, 0.717) is 40.8 Å². The van der Waals surface area contributed by atoms with Gasteiger partial charge in [0.25, 0.3) is 5.91 Å². The maximum atomic E-state index is 12.5. The zero-order valence-corrected chi connectivity index (χ0v) is 21.0. The van der Waals surface area contributed by atoms with Gasteiger partial charge < -0.3 is 19.7 Å². The first-order chi connectivity index (χ1) is 18.5. The number of amides is 1. The number of rotatable bonds is 9. The first-order valence-corrected chi connectivity index (χ1v) is 12.1. The Kier molecular flexibility index (Phi) is 7.13. The number of carbonyl (C=O) groups is 1. The van der Waals surface area contributed by atoms with E-state index in [-0.39, 0.29) is 12.0 Å². The van der Waals surface area contributed by atoms with E-state index in [4.69, 9.17) is 9.47 Å². The van der Waals surface area contributed by atoms with Crippen molar-refractivity contribution in [1.82, 2.24) is 29.6 Å². The number of hydrogen-bond donors (Lipinski definition) is 1. The van der Waals surface area contributed by atoms with Crippen molar-refractivity contribution in [3.05, 3.63) is 72.6 Å². The number of nitriles is 1. The van der Waals surface area contributed by atoms with E-state index in [1.54, 1.807) is 65.7 Å². The molecule has 11 heteroatoms. The molecule has 38 heavy (non-hydrogen) atoms. The van der Waals surface area contributed by atoms with E-state index in [0.717, 1.165) is 30.6 Å². The Bertz CT molecular complexity index is 1460. The Labute approximate surface area is 219 Å². The predicted molar refractivity (Wildman–Crippen MR) is 139 cm³/mol. The second-order valence-corrected chi connectivity index (χ2v) is 8.85. The molecule has 1 N–H and O–H groups in total. The van der Waals surface area contributed by atoms with Gasteiger partial charge in [0, 0.05) is 36.6 Å². The molecule has 1 fully saturated rings. The van der Waals surface area contributed by atoms with Crippen molar-refractivity contribution in [2.75, 3.05) is 25.5 Å². The average molecular weight is 511 g/mol. The molecule has 11 nitrogen and oxygen atoms in total. The summed E-state index contributed by atoms with van der Waals surface area (Å²) < 4.78 is 13.2. The minimum absolute atomic E-state index is 0.000238. The van der Waals surface area contributed by atoms with Crippen LogP contribution in [0.3, 0.4) is 0 Å². The van der Waals surface area contributed by atoms with Gasteiger partial charge in [-0.3, -0.25) is 4.79 Å². The average Bonchev–Trinajstić information content (AvgIpc) is 3.41. The van der Waals surface area contributed by atoms with Crippen LogP contribution in [-0.2, 0) is 6.54 Å². The number of nitrogens with one attached hydrogen (secondary N) is 1. The minimum Gasteiger partial charge on any atom is -0.495 e. The highest BCUT2D eigenvalue weighted by Gasteiger charge is 2.22. The number of carbonyl (C=O) groups excluding carboxylic acids is 1. The fraction of sp³-hybridized carbons (Fsp3) is 0.259. The van der Waals surface area contributed by atoms with Crippen molar-refractivity contribution in [2.45, 2.75) is 26.0 Å². The Morgan fingerprint density at radius 3 is 2.61 bits per heavy atom. The van der Waals surface area contributed by atoms with Gasteiger partial charge in [0.15, 0.2) is 0 Å². The third-order valence-corrected chi connectivity index (χ3v) is 6.16. The van der Waals surface area contributed by atoms with Gasteiger partial charge in [-0.25, -0.2) is 19.6 Å². The predicted octanol–water partition coefficient (Wildman–Crippen LogP) is 3.67. The molecule has 1 atom stereocenters. The van der Waals surface area contributed by atoms with Gasteiger partial charge in [-0.05, 0) is 49.2 Å². The van der Waals surface area contributed by atoms with E-state index < -0.39 is 0 Å². The zero-order chi connectivity index (χ0) is 26.5. The van der Waals surface area contributed by atoms with Gasteiger partial charge in [0.05, 0.1) is 24.9 Å². The summed E-state index contributed by atoms with van der Waals surface area (Å²) in [6, 6.07) is 12.8. The number of likely N-dealkylation sites (tertiary alicyclic amines) is 1. The molecule has 2 aromatic heterocycles. The quantitative estimate of drug-likeness (QED) is 0.358. The Balaban J connectivity index is 1.30. The van der Waals surface area contributed by atoms with Gasteiger partial charge in [0.2, 0.25) is 5.95 Å². The van der Waals surface area contributed by atoms with Crippen molar-refractivity contribution in [3.8, 4) is 28.7 Å². The number of benzene rings is 2. The third kappa shape index (κ3) is 5.39. The SMILES string of the molecule is COc1cc(C(=O)N2CCC2)ccc1Nc1ncc(-c2ccc(C#N)c(O[C@@H](C)Cn3cncn3)c2)cn1. The van der Waals surface area contributed by atoms with Gasteiger partial charge in [-0.15, -0.1) is 0 Å². The first-order valence-electron chi connectivity index (χ1n) is 12.1. The summed E-state index contributed by atoms with van der Waals surface area (Å²) in [7, 11) is 1.56. The number of aromatic nitrogens is 5. The van der Waals surface area contributed by atoms with Crippen molar-refractivity contribution >= 4 is 17.5 Å². The fourth-order valence-corrected chi connectivity index (χ4v) is 4.03. The number of nitrogens with zero attached hydrogens (tertiary/aromatic N) is 7. The highest BCUT2D eigenvalue weighted by molar-refractivity contribution is 5.95. The minimum atomic E-state index is -0.232. The van der Waals surface area contributed by atoms with Crippen LogP contribution in [0.1, 0.15) is 29.3 Å². The molecule has 4 aromatic rings. The normalized spacial score (nSPS) is 13.2. The molecule has 0 aliphatic carbocycles. The topological polar surface area (TPSA) is 131 Å². The van der Waals surface area contributed by atoms with Gasteiger partial charge in [0.1, 0.15) is 36.3 Å². The lowest BCUT2D eigenvalue weighted by molar-refractivity contribution is 0.0651. The number of hydrogen-bond acceptors (Lipinski definition) is 9. The second kappa shape index (κ2) is 11.0. The summed E-state index contributed by atoms with van der Waals surface area (Å²) in [5, 5.41) is 16.8. The van der Waals surface area contributed by atoms with Crippen LogP contribution in [0.4, 0.5) is 11.6 Å². The fourth-order valence-electron chi connectivity index (χ4n) is 4.03. The second-order valence-electron chi connectivity index (χ2n) is 8.85. The van der Waals surface area contributed by atoms with Crippen LogP contribution in [0.15, 0.2) is 61.4 Å². The molecule has 0 saturated carbocycles. The Hall–Kier alpha value is -4.98. The maximum absolute atomic E-state index is 12.5. The molecule has 0 radical (unpaired) electrons. The van der Waals surface area contributed by atoms with Crippen LogP contribution >= 0.6 is 0 Å². The van der Waals surface area contributed by atoms with E-state index >= 15 is 0 Å². The van der Waals surface area contributed by atoms with E-state index in [9.17, 15) is 10.1 Å². The van der Waals surface area contributed by atoms with E-state index in [1.165, 1.54) is 6.33 Å². The summed E-state index contributed by atoms with van der Waals surface area (Å²) in [5.74, 6) is 1.37. The number of methoxy groups -OCH3 is 1. The largest absolute Gasteiger partial charge is 0.495 e. The highest BCUT2D eigenvalue weighted by atomic mass is 16.5. The number of ether oxygens (including phenoxy) is 2. The lowest BCUT2D eigenvalue weighted by Gasteiger charge is -2.31. The molecule has 1 aliphatic rings. The molecular formula is C27H26N8O3. The van der Waals surface area contributed by atoms with Crippen LogP contribution < -0.4 is 14.8 Å². The lowest BCUT2D eigenvalue weighted by Crippen LogP contribution is -2.42. The summed E-state index contributed by atoms with van der Waals surface area (Å²) >= 11 is 0. The first kappa shape index (κ1) is 24.7. The summed E-state index contributed by atoms with van der Waals surface area (Å²) in [6.45, 7) is 3.97. The summed E-state index contributed by atoms with van der Waals surface area (Å²) in [6.07, 6.45) is 7.26. The van der Waals surface area contributed by atoms with Crippen LogP contribution in [0, 0.1) is 11.3 Å². The smallest absolute Gasteiger partial charge is 0.253 e. The molecule has 192 valence electrons. The van der Waals surface area contributed by atoms with Gasteiger partial charge in [-0.2, -0.15) is 10.4 Å². The molecular weight excluding hydrogens is 484 g/mol. The molecule has 3 heterocycles. The van der Waals surface area contributed by atoms with E-state index in [2.05, 4.69) is 31.4 Å². The van der Waals surface area contributed by atoms with Crippen molar-refractivity contribution < 1.29 is 14.3 Å². The molecule has 1 aliphatic heterocycles. The summed E-state index contributed by atoms with van der Waals surface area (Å²) in [4.78, 5) is 27.1. The summed E-state index contributed by atoms with van der Waals surface area (Å²) in [5.41, 5.74) is 3.23. The molecule has 5 rings (SSSR count). The Morgan fingerprint density at radius 1 is 1.13 bits per heavy atom. The maximum Gasteiger partial charge on any atom is 0.253 e. The highest BCUT2D eigenvalue weighted by Crippen LogP contribution is 2.30.